The lowest BCUT2D eigenvalue weighted by molar-refractivity contribution is -0.137. The maximum Gasteiger partial charge on any atom is 0.408 e. The number of alkyl carbamates (subject to hydrolysis) is 1. The predicted octanol–water partition coefficient (Wildman–Crippen LogP) is 3.33. The largest absolute Gasteiger partial charge is 0.481 e. The molecule has 0 aromatic heterocycles. The molecule has 0 saturated carbocycles. The molecule has 0 fully saturated rings. The second kappa shape index (κ2) is 6.92. The van der Waals surface area contributed by atoms with Crippen molar-refractivity contribution in [1.82, 2.24) is 5.32 Å². The smallest absolute Gasteiger partial charge is 0.408 e. The Kier molecular flexibility index (Phi) is 5.79. The number of ether oxygens (including phenoxy) is 1. The minimum atomic E-state index is -0.982. The van der Waals surface area contributed by atoms with Gasteiger partial charge in [-0.05, 0) is 61.1 Å². The Hall–Kier alpha value is -1.31. The summed E-state index contributed by atoms with van der Waals surface area (Å²) in [5, 5.41) is 11.6. The van der Waals surface area contributed by atoms with E-state index in [9.17, 15) is 9.59 Å². The second-order valence-corrected chi connectivity index (χ2v) is 6.60. The van der Waals surface area contributed by atoms with Gasteiger partial charge >= 0.3 is 12.1 Å². The van der Waals surface area contributed by atoms with Gasteiger partial charge in [-0.3, -0.25) is 4.79 Å². The van der Waals surface area contributed by atoms with Crippen LogP contribution in [0.25, 0.3) is 0 Å². The first kappa shape index (κ1) is 16.7. The van der Waals surface area contributed by atoms with Gasteiger partial charge in [-0.25, -0.2) is 4.79 Å². The van der Waals surface area contributed by atoms with Crippen LogP contribution in [0.3, 0.4) is 0 Å². The summed E-state index contributed by atoms with van der Waals surface area (Å²) in [6.07, 6.45) is -0.818. The highest BCUT2D eigenvalue weighted by atomic mass is 127. The van der Waals surface area contributed by atoms with E-state index in [1.807, 2.05) is 18.2 Å². The number of hydrogen-bond acceptors (Lipinski definition) is 3. The summed E-state index contributed by atoms with van der Waals surface area (Å²) in [5.41, 5.74) is 0.119. The van der Waals surface area contributed by atoms with Gasteiger partial charge in [0.05, 0.1) is 12.5 Å². The molecule has 110 valence electrons. The molecule has 0 saturated heterocycles. The molecule has 0 aliphatic carbocycles. The lowest BCUT2D eigenvalue weighted by Gasteiger charge is -2.23. The van der Waals surface area contributed by atoms with Crippen LogP contribution in [0.5, 0.6) is 0 Å². The molecule has 0 radical (unpaired) electrons. The minimum absolute atomic E-state index is 0.195. The van der Waals surface area contributed by atoms with Crippen LogP contribution in [-0.2, 0) is 9.53 Å². The predicted molar refractivity (Wildman–Crippen MR) is 83.5 cm³/mol. The van der Waals surface area contributed by atoms with Crippen molar-refractivity contribution in [2.24, 2.45) is 0 Å². The van der Waals surface area contributed by atoms with Crippen molar-refractivity contribution in [2.45, 2.75) is 38.8 Å². The quantitative estimate of drug-likeness (QED) is 0.773. The molecule has 0 aliphatic rings. The Labute approximate surface area is 131 Å². The van der Waals surface area contributed by atoms with Gasteiger partial charge in [-0.15, -0.1) is 0 Å². The molecule has 0 aliphatic heterocycles. The van der Waals surface area contributed by atoms with Crippen molar-refractivity contribution in [3.05, 3.63) is 33.4 Å². The standard InChI is InChI=1S/C14H18INO4/c1-14(2,3)20-13(19)16-11(8-12(17)18)9-5-4-6-10(15)7-9/h4-7,11H,8H2,1-3H3,(H,16,19)(H,17,18)/t11-/m1/s1. The van der Waals surface area contributed by atoms with E-state index in [1.54, 1.807) is 26.8 Å². The van der Waals surface area contributed by atoms with E-state index in [-0.39, 0.29) is 6.42 Å². The second-order valence-electron chi connectivity index (χ2n) is 5.35. The van der Waals surface area contributed by atoms with Gasteiger partial charge < -0.3 is 15.2 Å². The molecule has 6 heteroatoms. The van der Waals surface area contributed by atoms with Crippen molar-refractivity contribution in [3.8, 4) is 0 Å². The molecule has 20 heavy (non-hydrogen) atoms. The minimum Gasteiger partial charge on any atom is -0.481 e. The molecule has 0 heterocycles. The van der Waals surface area contributed by atoms with Gasteiger partial charge in [0.15, 0.2) is 0 Å². The van der Waals surface area contributed by atoms with Crippen molar-refractivity contribution in [1.29, 1.82) is 0 Å². The summed E-state index contributed by atoms with van der Waals surface area (Å²) in [6, 6.07) is 6.73. The molecule has 0 unspecified atom stereocenters. The van der Waals surface area contributed by atoms with Gasteiger partial charge in [0.25, 0.3) is 0 Å². The zero-order valence-corrected chi connectivity index (χ0v) is 13.8. The van der Waals surface area contributed by atoms with Crippen molar-refractivity contribution < 1.29 is 19.4 Å². The first-order valence-electron chi connectivity index (χ1n) is 6.14. The van der Waals surface area contributed by atoms with Crippen LogP contribution in [0.2, 0.25) is 0 Å². The number of carbonyl (C=O) groups excluding carboxylic acids is 1. The highest BCUT2D eigenvalue weighted by Gasteiger charge is 2.22. The number of carbonyl (C=O) groups is 2. The van der Waals surface area contributed by atoms with Crippen molar-refractivity contribution >= 4 is 34.7 Å². The third kappa shape index (κ3) is 6.23. The van der Waals surface area contributed by atoms with Crippen LogP contribution in [0, 0.1) is 3.57 Å². The molecule has 1 atom stereocenters. The monoisotopic (exact) mass is 391 g/mol. The highest BCUT2D eigenvalue weighted by molar-refractivity contribution is 14.1. The number of nitrogens with one attached hydrogen (secondary N) is 1. The van der Waals surface area contributed by atoms with E-state index in [4.69, 9.17) is 9.84 Å². The summed E-state index contributed by atoms with van der Waals surface area (Å²) in [7, 11) is 0. The number of halogens is 1. The SMILES string of the molecule is CC(C)(C)OC(=O)N[C@H](CC(=O)O)c1cccc(I)c1. The van der Waals surface area contributed by atoms with Gasteiger partial charge in [-0.1, -0.05) is 12.1 Å². The Morgan fingerprint density at radius 2 is 2.05 bits per heavy atom. The summed E-state index contributed by atoms with van der Waals surface area (Å²) < 4.78 is 6.13. The maximum absolute atomic E-state index is 11.8. The molecule has 0 spiro atoms. The molecular weight excluding hydrogens is 373 g/mol. The van der Waals surface area contributed by atoms with E-state index >= 15 is 0 Å². The molecule has 1 aromatic carbocycles. The Balaban J connectivity index is 2.85. The van der Waals surface area contributed by atoms with Crippen LogP contribution in [0.4, 0.5) is 4.79 Å². The van der Waals surface area contributed by atoms with Crippen LogP contribution >= 0.6 is 22.6 Å². The number of aliphatic carboxylic acids is 1. The van der Waals surface area contributed by atoms with Crippen LogP contribution in [0.15, 0.2) is 24.3 Å². The number of carboxylic acid groups (broad SMARTS) is 1. The average Bonchev–Trinajstić information content (AvgIpc) is 2.24. The van der Waals surface area contributed by atoms with Gasteiger partial charge in [0.1, 0.15) is 5.60 Å². The molecule has 5 nitrogen and oxygen atoms in total. The summed E-state index contributed by atoms with van der Waals surface area (Å²) in [5.74, 6) is -0.982. The van der Waals surface area contributed by atoms with Crippen LogP contribution < -0.4 is 5.32 Å². The zero-order chi connectivity index (χ0) is 15.3. The normalized spacial score (nSPS) is 12.6. The lowest BCUT2D eigenvalue weighted by atomic mass is 10.0. The highest BCUT2D eigenvalue weighted by Crippen LogP contribution is 2.20. The van der Waals surface area contributed by atoms with Gasteiger partial charge in [0, 0.05) is 3.57 Å². The summed E-state index contributed by atoms with van der Waals surface area (Å²) >= 11 is 2.14. The Morgan fingerprint density at radius 1 is 1.40 bits per heavy atom. The molecule has 1 rings (SSSR count). The van der Waals surface area contributed by atoms with E-state index in [1.165, 1.54) is 0 Å². The number of hydrogen-bond donors (Lipinski definition) is 2. The third-order valence-corrected chi connectivity index (χ3v) is 2.99. The molecule has 2 N–H and O–H groups in total. The Bertz CT molecular complexity index is 496. The average molecular weight is 391 g/mol. The van der Waals surface area contributed by atoms with E-state index < -0.39 is 23.7 Å². The first-order chi connectivity index (χ1) is 9.17. The van der Waals surface area contributed by atoms with Crippen molar-refractivity contribution in [2.75, 3.05) is 0 Å². The number of amides is 1. The third-order valence-electron chi connectivity index (χ3n) is 2.32. The fraction of sp³-hybridized carbons (Fsp3) is 0.429. The molecule has 0 bridgehead atoms. The maximum atomic E-state index is 11.8. The topological polar surface area (TPSA) is 75.6 Å². The van der Waals surface area contributed by atoms with Crippen LogP contribution in [0.1, 0.15) is 38.8 Å². The Morgan fingerprint density at radius 3 is 2.55 bits per heavy atom. The number of benzene rings is 1. The van der Waals surface area contributed by atoms with Crippen molar-refractivity contribution in [3.63, 3.8) is 0 Å². The van der Waals surface area contributed by atoms with Gasteiger partial charge in [-0.2, -0.15) is 0 Å². The number of carboxylic acids is 1. The molecule has 1 amide bonds. The summed E-state index contributed by atoms with van der Waals surface area (Å²) in [6.45, 7) is 5.26. The fourth-order valence-corrected chi connectivity index (χ4v) is 2.17. The zero-order valence-electron chi connectivity index (χ0n) is 11.6. The van der Waals surface area contributed by atoms with E-state index in [0.29, 0.717) is 0 Å². The fourth-order valence-electron chi connectivity index (χ4n) is 1.60. The molecule has 1 aromatic rings. The molecular formula is C14H18INO4. The van der Waals surface area contributed by atoms with E-state index in [2.05, 4.69) is 27.9 Å². The first-order valence-corrected chi connectivity index (χ1v) is 7.22. The van der Waals surface area contributed by atoms with Gasteiger partial charge in [0.2, 0.25) is 0 Å². The lowest BCUT2D eigenvalue weighted by Crippen LogP contribution is -2.35. The van der Waals surface area contributed by atoms with E-state index in [0.717, 1.165) is 9.13 Å². The summed E-state index contributed by atoms with van der Waals surface area (Å²) in [4.78, 5) is 22.7. The van der Waals surface area contributed by atoms with Crippen LogP contribution in [-0.4, -0.2) is 22.8 Å². The number of rotatable bonds is 4.